The molecule has 4 amide bonds. The summed E-state index contributed by atoms with van der Waals surface area (Å²) < 4.78 is 5.00. The van der Waals surface area contributed by atoms with E-state index in [9.17, 15) is 28.8 Å². The molecule has 17 heteroatoms. The van der Waals surface area contributed by atoms with Gasteiger partial charge in [0.15, 0.2) is 6.29 Å². The second-order valence-electron chi connectivity index (χ2n) is 13.7. The summed E-state index contributed by atoms with van der Waals surface area (Å²) >= 11 is 7.68. The van der Waals surface area contributed by atoms with Crippen molar-refractivity contribution in [3.8, 4) is 0 Å². The molecule has 4 aliphatic heterocycles. The molecule has 1 saturated heterocycles. The summed E-state index contributed by atoms with van der Waals surface area (Å²) in [6.45, 7) is 4.77. The van der Waals surface area contributed by atoms with Crippen molar-refractivity contribution in [2.45, 2.75) is 69.5 Å². The third kappa shape index (κ3) is 8.25. The van der Waals surface area contributed by atoms with E-state index in [-0.39, 0.29) is 48.1 Å². The molecule has 4 unspecified atom stereocenters. The zero-order valence-corrected chi connectivity index (χ0v) is 32.5. The summed E-state index contributed by atoms with van der Waals surface area (Å²) in [6, 6.07) is 10.9. The number of amides is 4. The number of imide groups is 1. The van der Waals surface area contributed by atoms with Crippen LogP contribution in [0, 0.1) is 5.92 Å². The number of thioether (sulfide) groups is 1. The molecular formula is C38H43ClN8O7S. The third-order valence-electron chi connectivity index (χ3n) is 10.1. The number of carbonyl (C=O) groups excluding carboxylic acids is 6. The largest absolute Gasteiger partial charge is 0.469 e. The Bertz CT molecular complexity index is 1990. The number of aldehydes is 1. The van der Waals surface area contributed by atoms with E-state index >= 15 is 0 Å². The highest BCUT2D eigenvalue weighted by Crippen LogP contribution is 2.48. The van der Waals surface area contributed by atoms with E-state index in [4.69, 9.17) is 21.3 Å². The smallest absolute Gasteiger partial charge is 0.307 e. The number of amidine groups is 1. The zero-order chi connectivity index (χ0) is 39.4. The summed E-state index contributed by atoms with van der Waals surface area (Å²) in [5.41, 5.74) is 6.34. The topological polar surface area (TPSA) is 191 Å². The van der Waals surface area contributed by atoms with Gasteiger partial charge in [-0.1, -0.05) is 48.5 Å². The Kier molecular flexibility index (Phi) is 12.2. The molecule has 1 fully saturated rings. The Morgan fingerprint density at radius 2 is 1.87 bits per heavy atom. The van der Waals surface area contributed by atoms with Gasteiger partial charge in [-0.3, -0.25) is 49.4 Å². The highest BCUT2D eigenvalue weighted by molar-refractivity contribution is 8.04. The van der Waals surface area contributed by atoms with Crippen LogP contribution in [-0.4, -0.2) is 108 Å². The Hall–Kier alpha value is -5.22. The predicted octanol–water partition coefficient (Wildman–Crippen LogP) is 3.30. The minimum atomic E-state index is -0.816. The Morgan fingerprint density at radius 3 is 2.58 bits per heavy atom. The van der Waals surface area contributed by atoms with Gasteiger partial charge in [-0.15, -0.1) is 0 Å². The molecule has 2 aromatic carbocycles. The van der Waals surface area contributed by atoms with E-state index in [1.807, 2.05) is 30.9 Å². The SMILES string of the molecule is COC(=O)C[C@@H]1N=C(c2ccc(Cl)cc2)C2=C(SC(C(=O)NCCCCNc3cccc(C(=O)N(C)C4CCC(=O)NC4=O)c3C=O)C2C)N2C(C)=NNC12. The molecule has 0 bridgehead atoms. The molecule has 290 valence electrons. The number of esters is 1. The predicted molar refractivity (Wildman–Crippen MR) is 209 cm³/mol. The van der Waals surface area contributed by atoms with Crippen LogP contribution in [0.15, 0.2) is 63.2 Å². The lowest BCUT2D eigenvalue weighted by atomic mass is 9.90. The van der Waals surface area contributed by atoms with Crippen LogP contribution in [0.5, 0.6) is 0 Å². The molecule has 0 radical (unpaired) electrons. The van der Waals surface area contributed by atoms with Crippen LogP contribution in [0.1, 0.15) is 72.2 Å². The molecule has 4 aliphatic rings. The molecule has 0 saturated carbocycles. The minimum Gasteiger partial charge on any atom is -0.469 e. The fourth-order valence-electron chi connectivity index (χ4n) is 7.18. The van der Waals surface area contributed by atoms with Crippen molar-refractivity contribution in [2.24, 2.45) is 16.0 Å². The van der Waals surface area contributed by atoms with Gasteiger partial charge >= 0.3 is 5.97 Å². The average Bonchev–Trinajstić information content (AvgIpc) is 3.68. The van der Waals surface area contributed by atoms with Crippen molar-refractivity contribution in [2.75, 3.05) is 32.6 Å². The number of nitrogens with one attached hydrogen (secondary N) is 4. The highest BCUT2D eigenvalue weighted by atomic mass is 35.5. The van der Waals surface area contributed by atoms with E-state index in [1.165, 1.54) is 36.9 Å². The number of allylic oxidation sites excluding steroid dienone is 1. The standard InChI is InChI=1S/C38H43ClN8O7S/c1-20-31-32(22-10-12-23(39)13-11-22)42-27(18-30(50)54-4)34-45-44-21(2)47(34)38(31)55-33(20)36(52)41-17-6-5-16-40-26-9-7-8-24(25(26)19-48)37(53)46(3)28-14-15-29(49)43-35(28)51/h7-13,19-20,27-28,33-34,40,45H,5-6,14-18H2,1-4H3,(H,41,52)(H,43,49,51)/t20?,27-,28?,33?,34?/m0/s1. The van der Waals surface area contributed by atoms with E-state index < -0.39 is 41.3 Å². The molecule has 0 aromatic heterocycles. The molecule has 15 nitrogen and oxygen atoms in total. The lowest BCUT2D eigenvalue weighted by Gasteiger charge is -2.30. The number of hydrazone groups is 1. The first-order valence-corrected chi connectivity index (χ1v) is 19.3. The number of nitrogens with zero attached hydrogens (tertiary/aromatic N) is 4. The number of ether oxygens (including phenoxy) is 1. The number of hydrogen-bond donors (Lipinski definition) is 4. The minimum absolute atomic E-state index is 0.0326. The van der Waals surface area contributed by atoms with Crippen LogP contribution in [0.2, 0.25) is 5.02 Å². The van der Waals surface area contributed by atoms with E-state index in [1.54, 1.807) is 24.3 Å². The maximum Gasteiger partial charge on any atom is 0.307 e. The van der Waals surface area contributed by atoms with E-state index in [2.05, 4.69) is 26.5 Å². The summed E-state index contributed by atoms with van der Waals surface area (Å²) in [5.74, 6) is -1.48. The number of piperidine rings is 1. The number of hydrogen-bond acceptors (Lipinski definition) is 13. The molecule has 0 spiro atoms. The van der Waals surface area contributed by atoms with Gasteiger partial charge in [-0.05, 0) is 50.5 Å². The summed E-state index contributed by atoms with van der Waals surface area (Å²) in [7, 11) is 2.83. The van der Waals surface area contributed by atoms with Crippen molar-refractivity contribution in [3.63, 3.8) is 0 Å². The third-order valence-corrected chi connectivity index (χ3v) is 11.9. The monoisotopic (exact) mass is 790 g/mol. The summed E-state index contributed by atoms with van der Waals surface area (Å²) in [6.07, 6.45) is 1.82. The first kappa shape index (κ1) is 39.5. The maximum absolute atomic E-state index is 13.8. The lowest BCUT2D eigenvalue weighted by molar-refractivity contribution is -0.141. The average molecular weight is 791 g/mol. The quantitative estimate of drug-likeness (QED) is 0.101. The molecular weight excluding hydrogens is 748 g/mol. The van der Waals surface area contributed by atoms with Crippen LogP contribution < -0.4 is 21.4 Å². The van der Waals surface area contributed by atoms with Crippen LogP contribution in [0.25, 0.3) is 0 Å². The summed E-state index contributed by atoms with van der Waals surface area (Å²) in [4.78, 5) is 84.1. The van der Waals surface area contributed by atoms with E-state index in [0.29, 0.717) is 54.5 Å². The van der Waals surface area contributed by atoms with Crippen LogP contribution in [0.4, 0.5) is 5.69 Å². The van der Waals surface area contributed by atoms with Crippen LogP contribution in [-0.2, 0) is 23.9 Å². The number of anilines is 1. The lowest BCUT2D eigenvalue weighted by Crippen LogP contribution is -2.53. The van der Waals surface area contributed by atoms with Gasteiger partial charge in [0.2, 0.25) is 17.7 Å². The van der Waals surface area contributed by atoms with Crippen LogP contribution in [0.3, 0.4) is 0 Å². The number of halogens is 1. The number of methoxy groups -OCH3 is 1. The van der Waals surface area contributed by atoms with Gasteiger partial charge in [0.1, 0.15) is 24.1 Å². The first-order valence-electron chi connectivity index (χ1n) is 18.0. The van der Waals surface area contributed by atoms with Gasteiger partial charge in [-0.25, -0.2) is 0 Å². The van der Waals surface area contributed by atoms with Crippen molar-refractivity contribution in [1.82, 2.24) is 25.9 Å². The molecule has 6 rings (SSSR count). The Labute approximate surface area is 327 Å². The number of rotatable bonds is 13. The van der Waals surface area contributed by atoms with Gasteiger partial charge in [0, 0.05) is 54.3 Å². The van der Waals surface area contributed by atoms with Gasteiger partial charge in [-0.2, -0.15) is 5.10 Å². The Balaban J connectivity index is 1.08. The molecule has 4 heterocycles. The highest BCUT2D eigenvalue weighted by Gasteiger charge is 2.48. The molecule has 4 N–H and O–H groups in total. The number of benzene rings is 2. The van der Waals surface area contributed by atoms with Crippen molar-refractivity contribution in [1.29, 1.82) is 0 Å². The van der Waals surface area contributed by atoms with Gasteiger partial charge < -0.3 is 20.3 Å². The molecule has 55 heavy (non-hydrogen) atoms. The number of unbranched alkanes of at least 4 members (excludes halogenated alkanes) is 1. The van der Waals surface area contributed by atoms with Crippen molar-refractivity contribution < 1.29 is 33.5 Å². The number of carbonyl (C=O) groups is 6. The van der Waals surface area contributed by atoms with E-state index in [0.717, 1.165) is 16.2 Å². The van der Waals surface area contributed by atoms with Gasteiger partial charge in [0.05, 0.1) is 40.6 Å². The normalized spacial score (nSPS) is 23.0. The fourth-order valence-corrected chi connectivity index (χ4v) is 8.84. The number of aliphatic imine (C=N–C) groups is 1. The van der Waals surface area contributed by atoms with Crippen molar-refractivity contribution >= 4 is 76.5 Å². The fraction of sp³-hybridized carbons (Fsp3) is 0.421. The number of likely N-dealkylation sites (N-methyl/N-ethyl adjacent to an activating group) is 1. The molecule has 2 aromatic rings. The number of fused-ring (bicyclic) bond motifs is 2. The van der Waals surface area contributed by atoms with Gasteiger partial charge in [0.25, 0.3) is 5.91 Å². The first-order chi connectivity index (χ1) is 26.4. The van der Waals surface area contributed by atoms with Crippen molar-refractivity contribution in [3.05, 3.63) is 74.8 Å². The Morgan fingerprint density at radius 1 is 1.13 bits per heavy atom. The second-order valence-corrected chi connectivity index (χ2v) is 15.2. The molecule has 0 aliphatic carbocycles. The summed E-state index contributed by atoms with van der Waals surface area (Å²) in [5, 5.41) is 14.0. The van der Waals surface area contributed by atoms with Crippen LogP contribution >= 0.6 is 23.4 Å². The maximum atomic E-state index is 13.8. The zero-order valence-electron chi connectivity index (χ0n) is 30.9. The second kappa shape index (κ2) is 17.1. The molecule has 5 atom stereocenters.